The molecule has 0 aliphatic carbocycles. The molecule has 0 spiro atoms. The van der Waals surface area contributed by atoms with Crippen molar-refractivity contribution in [1.29, 1.82) is 0 Å². The zero-order chi connectivity index (χ0) is 23.7. The van der Waals surface area contributed by atoms with E-state index in [1.807, 2.05) is 35.7 Å². The van der Waals surface area contributed by atoms with Crippen molar-refractivity contribution in [3.05, 3.63) is 83.2 Å². The van der Waals surface area contributed by atoms with Gasteiger partial charge in [0.2, 0.25) is 0 Å². The van der Waals surface area contributed by atoms with E-state index in [1.54, 1.807) is 18.4 Å². The Morgan fingerprint density at radius 1 is 1.24 bits per heavy atom. The molecule has 0 saturated carbocycles. The highest BCUT2D eigenvalue weighted by molar-refractivity contribution is 7.10. The van der Waals surface area contributed by atoms with E-state index >= 15 is 0 Å². The fourth-order valence-corrected chi connectivity index (χ4v) is 6.13. The zero-order valence-corrected chi connectivity index (χ0v) is 20.7. The van der Waals surface area contributed by atoms with Crippen LogP contribution in [-0.2, 0) is 14.3 Å². The number of fused-ring (bicyclic) bond motifs is 1. The smallest absolute Gasteiger partial charge is 0.338 e. The third kappa shape index (κ3) is 4.26. The van der Waals surface area contributed by atoms with Gasteiger partial charge < -0.3 is 14.4 Å². The Morgan fingerprint density at radius 3 is 2.68 bits per heavy atom. The number of benzene rings is 1. The van der Waals surface area contributed by atoms with E-state index < -0.39 is 12.0 Å². The van der Waals surface area contributed by atoms with Gasteiger partial charge >= 0.3 is 5.97 Å². The molecule has 5 rings (SSSR count). The van der Waals surface area contributed by atoms with Crippen LogP contribution in [-0.4, -0.2) is 43.4 Å². The number of ether oxygens (including phenoxy) is 2. The topological polar surface area (TPSA) is 73.1 Å². The summed E-state index contributed by atoms with van der Waals surface area (Å²) in [7, 11) is 0. The second kappa shape index (κ2) is 9.69. The van der Waals surface area contributed by atoms with Crippen molar-refractivity contribution < 1.29 is 14.3 Å². The first kappa shape index (κ1) is 22.8. The van der Waals surface area contributed by atoms with Crippen molar-refractivity contribution >= 4 is 40.4 Å². The summed E-state index contributed by atoms with van der Waals surface area (Å²) in [6.07, 6.45) is 1.89. The molecule has 0 radical (unpaired) electrons. The van der Waals surface area contributed by atoms with Gasteiger partial charge in [-0.3, -0.25) is 9.36 Å². The van der Waals surface area contributed by atoms with Crippen LogP contribution >= 0.6 is 22.7 Å². The third-order valence-corrected chi connectivity index (χ3v) is 7.80. The van der Waals surface area contributed by atoms with Crippen LogP contribution in [0.25, 0.3) is 6.08 Å². The predicted molar refractivity (Wildman–Crippen MR) is 134 cm³/mol. The minimum absolute atomic E-state index is 0.159. The fourth-order valence-electron chi connectivity index (χ4n) is 4.26. The van der Waals surface area contributed by atoms with Gasteiger partial charge in [0, 0.05) is 23.7 Å². The summed E-state index contributed by atoms with van der Waals surface area (Å²) in [5.41, 5.74) is 2.93. The van der Waals surface area contributed by atoms with E-state index in [0.717, 1.165) is 42.4 Å². The first-order valence-corrected chi connectivity index (χ1v) is 12.9. The Kier molecular flexibility index (Phi) is 6.49. The van der Waals surface area contributed by atoms with Crippen LogP contribution in [0.15, 0.2) is 62.8 Å². The summed E-state index contributed by atoms with van der Waals surface area (Å²) in [6.45, 7) is 7.06. The predicted octanol–water partition coefficient (Wildman–Crippen LogP) is 2.70. The summed E-state index contributed by atoms with van der Waals surface area (Å²) in [5, 5.41) is 1.94. The van der Waals surface area contributed by atoms with E-state index in [0.29, 0.717) is 20.6 Å². The average Bonchev–Trinajstić information content (AvgIpc) is 3.48. The molecule has 1 saturated heterocycles. The number of thiophene rings is 1. The number of aromatic nitrogens is 1. The van der Waals surface area contributed by atoms with E-state index in [4.69, 9.17) is 9.47 Å². The van der Waals surface area contributed by atoms with Crippen molar-refractivity contribution in [1.82, 2.24) is 4.57 Å². The first-order chi connectivity index (χ1) is 16.6. The number of hydrogen-bond acceptors (Lipinski definition) is 8. The molecule has 176 valence electrons. The molecule has 0 N–H and O–H groups in total. The quantitative estimate of drug-likeness (QED) is 0.509. The number of nitrogens with zero attached hydrogens (tertiary/aromatic N) is 3. The molecule has 3 aromatic rings. The minimum atomic E-state index is -0.541. The van der Waals surface area contributed by atoms with Crippen LogP contribution in [0.5, 0.6) is 0 Å². The van der Waals surface area contributed by atoms with Gasteiger partial charge in [0.15, 0.2) is 4.80 Å². The maximum atomic E-state index is 13.6. The van der Waals surface area contributed by atoms with Crippen LogP contribution in [0.3, 0.4) is 0 Å². The molecule has 1 aromatic carbocycles. The number of carbonyl (C=O) groups excluding carboxylic acids is 1. The molecular weight excluding hydrogens is 470 g/mol. The van der Waals surface area contributed by atoms with E-state index in [1.165, 1.54) is 22.7 Å². The van der Waals surface area contributed by atoms with Gasteiger partial charge in [0.25, 0.3) is 5.56 Å². The first-order valence-electron chi connectivity index (χ1n) is 11.2. The molecule has 0 amide bonds. The van der Waals surface area contributed by atoms with Gasteiger partial charge in [-0.15, -0.1) is 11.3 Å². The lowest BCUT2D eigenvalue weighted by atomic mass is 10.0. The summed E-state index contributed by atoms with van der Waals surface area (Å²) in [4.78, 5) is 34.8. The van der Waals surface area contributed by atoms with Crippen molar-refractivity contribution in [2.75, 3.05) is 37.8 Å². The second-order valence-corrected chi connectivity index (χ2v) is 10.00. The maximum absolute atomic E-state index is 13.6. The number of rotatable bonds is 5. The Hall–Kier alpha value is -3.01. The molecule has 1 atom stereocenters. The van der Waals surface area contributed by atoms with Gasteiger partial charge in [-0.2, -0.15) is 0 Å². The molecular formula is C25H25N3O4S2. The van der Waals surface area contributed by atoms with Gasteiger partial charge in [0.05, 0.1) is 35.6 Å². The standard InChI is InChI=1S/C25H25N3O4S2/c1-3-32-24(30)21-16(2)26-25-28(22(21)19-5-4-14-33-19)23(29)20(34-25)15-17-6-8-18(9-7-17)27-10-12-31-13-11-27/h4-9,14-15,22H,3,10-13H2,1-2H3. The van der Waals surface area contributed by atoms with Gasteiger partial charge in [-0.1, -0.05) is 29.5 Å². The Labute approximate surface area is 204 Å². The lowest BCUT2D eigenvalue weighted by Gasteiger charge is -2.28. The van der Waals surface area contributed by atoms with Gasteiger partial charge in [-0.05, 0) is 49.1 Å². The Balaban J connectivity index is 1.56. The van der Waals surface area contributed by atoms with Gasteiger partial charge in [-0.25, -0.2) is 9.79 Å². The van der Waals surface area contributed by atoms with E-state index in [-0.39, 0.29) is 12.2 Å². The fraction of sp³-hybridized carbons (Fsp3) is 0.320. The highest BCUT2D eigenvalue weighted by atomic mass is 32.1. The maximum Gasteiger partial charge on any atom is 0.338 e. The third-order valence-electron chi connectivity index (χ3n) is 5.90. The molecule has 2 aliphatic rings. The molecule has 4 heterocycles. The number of allylic oxidation sites excluding steroid dienone is 1. The van der Waals surface area contributed by atoms with Crippen molar-refractivity contribution in [3.8, 4) is 0 Å². The molecule has 0 bridgehead atoms. The normalized spacial score (nSPS) is 18.6. The van der Waals surface area contributed by atoms with E-state index in [9.17, 15) is 9.59 Å². The summed E-state index contributed by atoms with van der Waals surface area (Å²) >= 11 is 2.85. The highest BCUT2D eigenvalue weighted by Gasteiger charge is 2.33. The molecule has 9 heteroatoms. The van der Waals surface area contributed by atoms with Crippen LogP contribution in [0.4, 0.5) is 5.69 Å². The summed E-state index contributed by atoms with van der Waals surface area (Å²) in [6, 6.07) is 11.5. The number of esters is 1. The van der Waals surface area contributed by atoms with Crippen molar-refractivity contribution in [2.45, 2.75) is 19.9 Å². The Bertz CT molecular complexity index is 1400. The van der Waals surface area contributed by atoms with Crippen LogP contribution < -0.4 is 19.8 Å². The number of thiazole rings is 1. The summed E-state index contributed by atoms with van der Waals surface area (Å²) < 4.78 is 13.0. The van der Waals surface area contributed by atoms with Crippen LogP contribution in [0.1, 0.15) is 30.3 Å². The number of carbonyl (C=O) groups is 1. The van der Waals surface area contributed by atoms with Crippen molar-refractivity contribution in [2.24, 2.45) is 4.99 Å². The lowest BCUT2D eigenvalue weighted by Crippen LogP contribution is -2.39. The zero-order valence-electron chi connectivity index (χ0n) is 19.0. The number of morpholine rings is 1. The van der Waals surface area contributed by atoms with E-state index in [2.05, 4.69) is 22.0 Å². The average molecular weight is 496 g/mol. The molecule has 2 aromatic heterocycles. The van der Waals surface area contributed by atoms with Gasteiger partial charge in [0.1, 0.15) is 6.04 Å². The van der Waals surface area contributed by atoms with Crippen LogP contribution in [0.2, 0.25) is 0 Å². The minimum Gasteiger partial charge on any atom is -0.463 e. The Morgan fingerprint density at radius 2 is 2.00 bits per heavy atom. The molecule has 1 unspecified atom stereocenters. The highest BCUT2D eigenvalue weighted by Crippen LogP contribution is 2.33. The monoisotopic (exact) mass is 495 g/mol. The molecule has 1 fully saturated rings. The molecule has 7 nitrogen and oxygen atoms in total. The SMILES string of the molecule is CCOC(=O)C1=C(C)N=c2sc(=Cc3ccc(N4CCOCC4)cc3)c(=O)n2C1c1cccs1. The van der Waals surface area contributed by atoms with Crippen LogP contribution in [0, 0.1) is 0 Å². The van der Waals surface area contributed by atoms with Crippen molar-refractivity contribution in [3.63, 3.8) is 0 Å². The second-order valence-electron chi connectivity index (χ2n) is 8.01. The summed E-state index contributed by atoms with van der Waals surface area (Å²) in [5.74, 6) is -0.435. The largest absolute Gasteiger partial charge is 0.463 e. The number of hydrogen-bond donors (Lipinski definition) is 0. The molecule has 2 aliphatic heterocycles. The lowest BCUT2D eigenvalue weighted by molar-refractivity contribution is -0.139. The molecule has 34 heavy (non-hydrogen) atoms. The number of anilines is 1.